The summed E-state index contributed by atoms with van der Waals surface area (Å²) in [5.74, 6) is -0.897. The van der Waals surface area contributed by atoms with Gasteiger partial charge in [0, 0.05) is 12.1 Å². The van der Waals surface area contributed by atoms with Crippen LogP contribution in [0, 0.1) is 11.6 Å². The van der Waals surface area contributed by atoms with Crippen molar-refractivity contribution in [2.45, 2.75) is 6.04 Å². The molecule has 0 amide bonds. The van der Waals surface area contributed by atoms with Gasteiger partial charge in [0.05, 0.1) is 0 Å². The van der Waals surface area contributed by atoms with Gasteiger partial charge in [-0.3, -0.25) is 0 Å². The van der Waals surface area contributed by atoms with E-state index < -0.39 is 11.6 Å². The van der Waals surface area contributed by atoms with Gasteiger partial charge in [0.15, 0.2) is 0 Å². The molecule has 0 radical (unpaired) electrons. The van der Waals surface area contributed by atoms with Crippen molar-refractivity contribution in [2.24, 2.45) is 4.99 Å². The van der Waals surface area contributed by atoms with E-state index in [1.807, 2.05) is 36.4 Å². The summed E-state index contributed by atoms with van der Waals surface area (Å²) in [5, 5.41) is 7.54. The maximum atomic E-state index is 13.9. The van der Waals surface area contributed by atoms with E-state index in [0.29, 0.717) is 5.75 Å². The highest BCUT2D eigenvalue weighted by molar-refractivity contribution is 5.95. The molecule has 130 valence electrons. The number of ether oxygens (including phenoxy) is 1. The molecule has 0 saturated heterocycles. The Morgan fingerprint density at radius 2 is 1.42 bits per heavy atom. The van der Waals surface area contributed by atoms with E-state index in [1.54, 1.807) is 12.1 Å². The fraction of sp³-hybridized carbons (Fsp3) is 0.0952. The highest BCUT2D eigenvalue weighted by Crippen LogP contribution is 2.29. The number of nitrogens with zero attached hydrogens (tertiary/aromatic N) is 1. The molecule has 0 spiro atoms. The van der Waals surface area contributed by atoms with E-state index in [9.17, 15) is 8.78 Å². The molecule has 0 bridgehead atoms. The van der Waals surface area contributed by atoms with Gasteiger partial charge in [-0.1, -0.05) is 30.3 Å². The third-order valence-corrected chi connectivity index (χ3v) is 4.34. The lowest BCUT2D eigenvalue weighted by atomic mass is 10.0. The topological polar surface area (TPSA) is 44.5 Å². The Balaban J connectivity index is 1.59. The van der Waals surface area contributed by atoms with Crippen molar-refractivity contribution in [1.82, 2.24) is 0 Å². The normalized spacial score (nSPS) is 16.2. The average Bonchev–Trinajstić information content (AvgIpc) is 3.12. The number of aliphatic imine (C=N–C) groups is 1. The molecule has 0 saturated carbocycles. The van der Waals surface area contributed by atoms with Gasteiger partial charge in [-0.05, 0) is 41.0 Å². The Bertz CT molecular complexity index is 946. The summed E-state index contributed by atoms with van der Waals surface area (Å²) in [6.07, 6.45) is 0. The summed E-state index contributed by atoms with van der Waals surface area (Å²) < 4.78 is 33.2. The average molecular weight is 352 g/mol. The van der Waals surface area contributed by atoms with Crippen LogP contribution >= 0.6 is 0 Å². The third kappa shape index (κ3) is 3.04. The minimum Gasteiger partial charge on any atom is -0.593 e. The quantitative estimate of drug-likeness (QED) is 0.636. The SMILES string of the molecule is [OH2+]c1ccc(-c2ccc(C3COC(c4c(F)cccc4F)=N3)cc2)cc1. The molecule has 1 unspecified atom stereocenters. The van der Waals surface area contributed by atoms with E-state index in [-0.39, 0.29) is 24.1 Å². The zero-order valence-corrected chi connectivity index (χ0v) is 13.7. The van der Waals surface area contributed by atoms with Crippen LogP contribution < -0.4 is 0 Å². The van der Waals surface area contributed by atoms with Crippen LogP contribution in [0.2, 0.25) is 0 Å². The monoisotopic (exact) mass is 352 g/mol. The van der Waals surface area contributed by atoms with Crippen molar-refractivity contribution in [3.8, 4) is 16.9 Å². The molecule has 2 N–H and O–H groups in total. The molecule has 3 aromatic carbocycles. The maximum absolute atomic E-state index is 13.9. The van der Waals surface area contributed by atoms with Gasteiger partial charge in [-0.2, -0.15) is 0 Å². The Kier molecular flexibility index (Phi) is 4.13. The van der Waals surface area contributed by atoms with E-state index in [4.69, 9.17) is 9.84 Å². The summed E-state index contributed by atoms with van der Waals surface area (Å²) in [4.78, 5) is 4.35. The molecule has 5 heteroatoms. The molecule has 26 heavy (non-hydrogen) atoms. The fourth-order valence-electron chi connectivity index (χ4n) is 2.94. The Morgan fingerprint density at radius 1 is 0.846 bits per heavy atom. The fourth-order valence-corrected chi connectivity index (χ4v) is 2.94. The van der Waals surface area contributed by atoms with Crippen molar-refractivity contribution in [3.05, 3.63) is 89.5 Å². The maximum Gasteiger partial charge on any atom is 0.253 e. The summed E-state index contributed by atoms with van der Waals surface area (Å²) in [6.45, 7) is 0.246. The number of hydrogen-bond acceptors (Lipinski definition) is 2. The summed E-state index contributed by atoms with van der Waals surface area (Å²) in [6, 6.07) is 18.5. The van der Waals surface area contributed by atoms with Crippen LogP contribution in [0.4, 0.5) is 8.78 Å². The molecular formula is C21H16F2NO2+. The lowest BCUT2D eigenvalue weighted by molar-refractivity contribution is 0.317. The standard InChI is InChI=1S/C21H15F2NO2/c22-17-2-1-3-18(23)20(17)21-24-19(12-26-21)15-6-4-13(5-7-15)14-8-10-16(25)11-9-14/h1-11,19,25H,12H2/p+1. The number of halogens is 2. The predicted octanol–water partition coefficient (Wildman–Crippen LogP) is 4.59. The van der Waals surface area contributed by atoms with E-state index in [1.165, 1.54) is 18.2 Å². The molecule has 4 rings (SSSR count). The van der Waals surface area contributed by atoms with Crippen LogP contribution in [0.3, 0.4) is 0 Å². The van der Waals surface area contributed by atoms with Crippen LogP contribution in [-0.2, 0) is 4.74 Å². The van der Waals surface area contributed by atoms with Crippen LogP contribution in [0.1, 0.15) is 17.2 Å². The van der Waals surface area contributed by atoms with Crippen LogP contribution in [-0.4, -0.2) is 17.6 Å². The minimum atomic E-state index is -0.683. The zero-order chi connectivity index (χ0) is 18.1. The molecule has 1 heterocycles. The van der Waals surface area contributed by atoms with Crippen molar-refractivity contribution in [3.63, 3.8) is 0 Å². The first-order valence-corrected chi connectivity index (χ1v) is 8.19. The van der Waals surface area contributed by atoms with Crippen LogP contribution in [0.5, 0.6) is 5.75 Å². The van der Waals surface area contributed by atoms with E-state index in [2.05, 4.69) is 4.99 Å². The molecule has 0 aliphatic carbocycles. The Morgan fingerprint density at radius 3 is 2.04 bits per heavy atom. The lowest BCUT2D eigenvalue weighted by Gasteiger charge is -2.07. The van der Waals surface area contributed by atoms with Crippen LogP contribution in [0.25, 0.3) is 11.1 Å². The number of rotatable bonds is 3. The summed E-state index contributed by atoms with van der Waals surface area (Å²) >= 11 is 0. The van der Waals surface area contributed by atoms with Gasteiger partial charge in [0.1, 0.15) is 29.8 Å². The van der Waals surface area contributed by atoms with Gasteiger partial charge >= 0.3 is 0 Å². The first-order valence-electron chi connectivity index (χ1n) is 8.19. The molecule has 0 aromatic heterocycles. The first-order chi connectivity index (χ1) is 12.6. The number of benzene rings is 3. The smallest absolute Gasteiger partial charge is 0.253 e. The molecular weight excluding hydrogens is 336 g/mol. The predicted molar refractivity (Wildman–Crippen MR) is 96.5 cm³/mol. The van der Waals surface area contributed by atoms with Crippen LogP contribution in [0.15, 0.2) is 71.7 Å². The van der Waals surface area contributed by atoms with Gasteiger partial charge in [-0.15, -0.1) is 0 Å². The second-order valence-electron chi connectivity index (χ2n) is 6.06. The largest absolute Gasteiger partial charge is 0.593 e. The van der Waals surface area contributed by atoms with Crippen molar-refractivity contribution >= 4 is 5.90 Å². The van der Waals surface area contributed by atoms with Gasteiger partial charge in [0.2, 0.25) is 5.90 Å². The highest BCUT2D eigenvalue weighted by atomic mass is 19.1. The highest BCUT2D eigenvalue weighted by Gasteiger charge is 2.26. The molecule has 3 nitrogen and oxygen atoms in total. The second-order valence-corrected chi connectivity index (χ2v) is 6.06. The summed E-state index contributed by atoms with van der Waals surface area (Å²) in [7, 11) is 0. The Labute approximate surface area is 149 Å². The summed E-state index contributed by atoms with van der Waals surface area (Å²) in [5.41, 5.74) is 2.74. The van der Waals surface area contributed by atoms with Gasteiger partial charge in [0.25, 0.3) is 5.75 Å². The second kappa shape index (κ2) is 6.59. The van der Waals surface area contributed by atoms with Gasteiger partial charge < -0.3 is 9.84 Å². The van der Waals surface area contributed by atoms with E-state index >= 15 is 0 Å². The van der Waals surface area contributed by atoms with Gasteiger partial charge in [-0.25, -0.2) is 13.8 Å². The van der Waals surface area contributed by atoms with Crippen molar-refractivity contribution < 1.29 is 18.6 Å². The Hall–Kier alpha value is -3.21. The molecule has 0 fully saturated rings. The molecule has 1 aliphatic rings. The van der Waals surface area contributed by atoms with Crippen molar-refractivity contribution in [2.75, 3.05) is 6.61 Å². The van der Waals surface area contributed by atoms with E-state index in [0.717, 1.165) is 16.7 Å². The number of hydrogen-bond donors (Lipinski definition) is 0. The molecule has 1 aliphatic heterocycles. The lowest BCUT2D eigenvalue weighted by Crippen LogP contribution is -2.07. The zero-order valence-electron chi connectivity index (χ0n) is 13.7. The molecule has 3 aromatic rings. The third-order valence-electron chi connectivity index (χ3n) is 4.34. The molecule has 1 atom stereocenters. The minimum absolute atomic E-state index is 0.000658. The first kappa shape index (κ1) is 16.3. The van der Waals surface area contributed by atoms with Crippen molar-refractivity contribution in [1.29, 1.82) is 0 Å².